The first-order valence-corrected chi connectivity index (χ1v) is 9.60. The zero-order valence-electron chi connectivity index (χ0n) is 16.6. The van der Waals surface area contributed by atoms with Gasteiger partial charge in [0.2, 0.25) is 11.7 Å². The molecule has 6 nitrogen and oxygen atoms in total. The van der Waals surface area contributed by atoms with Crippen LogP contribution in [-0.2, 0) is 4.79 Å². The Morgan fingerprint density at radius 2 is 1.96 bits per heavy atom. The summed E-state index contributed by atoms with van der Waals surface area (Å²) in [5.74, 6) is -0.309. The smallest absolute Gasteiger partial charge is 0.293 e. The largest absolute Gasteiger partial charge is 0.350 e. The summed E-state index contributed by atoms with van der Waals surface area (Å²) in [6.07, 6.45) is 0.571. The maximum absolute atomic E-state index is 13.2. The lowest BCUT2D eigenvalue weighted by Crippen LogP contribution is -2.63. The van der Waals surface area contributed by atoms with Gasteiger partial charge in [-0.25, -0.2) is 4.39 Å². The summed E-state index contributed by atoms with van der Waals surface area (Å²) in [5, 5.41) is 6.97. The van der Waals surface area contributed by atoms with E-state index in [0.717, 1.165) is 0 Å². The lowest BCUT2D eigenvalue weighted by Gasteiger charge is -2.41. The van der Waals surface area contributed by atoms with Crippen LogP contribution in [0.5, 0.6) is 0 Å². The molecule has 1 aromatic carbocycles. The predicted molar refractivity (Wildman–Crippen MR) is 103 cm³/mol. The fourth-order valence-corrected chi connectivity index (χ4v) is 3.36. The number of carbonyl (C=O) groups is 2. The van der Waals surface area contributed by atoms with Crippen LogP contribution in [0.2, 0.25) is 0 Å². The van der Waals surface area contributed by atoms with Crippen molar-refractivity contribution < 1.29 is 18.5 Å². The van der Waals surface area contributed by atoms with Gasteiger partial charge in [0.1, 0.15) is 17.6 Å². The molecule has 3 rings (SSSR count). The second-order valence-corrected chi connectivity index (χ2v) is 8.05. The highest BCUT2D eigenvalue weighted by molar-refractivity contribution is 5.97. The van der Waals surface area contributed by atoms with Gasteiger partial charge in [-0.3, -0.25) is 9.59 Å². The Hall–Kier alpha value is -2.70. The van der Waals surface area contributed by atoms with Crippen LogP contribution in [0.25, 0.3) is 11.3 Å². The van der Waals surface area contributed by atoms with Crippen molar-refractivity contribution in [2.24, 2.45) is 11.8 Å². The van der Waals surface area contributed by atoms with E-state index in [1.807, 2.05) is 27.7 Å². The lowest BCUT2D eigenvalue weighted by atomic mass is 9.94. The SMILES string of the molecule is CC(C)C[C@H]1C(=O)N[C@@H](C(C)C)CN1C(=O)c1cc(-c2ccc(F)cc2)no1. The van der Waals surface area contributed by atoms with Crippen molar-refractivity contribution in [1.29, 1.82) is 0 Å². The lowest BCUT2D eigenvalue weighted by molar-refractivity contribution is -0.130. The van der Waals surface area contributed by atoms with Crippen LogP contribution in [0.3, 0.4) is 0 Å². The Morgan fingerprint density at radius 3 is 2.57 bits per heavy atom. The van der Waals surface area contributed by atoms with Crippen LogP contribution in [0.1, 0.15) is 44.7 Å². The quantitative estimate of drug-likeness (QED) is 0.852. The Morgan fingerprint density at radius 1 is 1.29 bits per heavy atom. The molecule has 2 heterocycles. The maximum Gasteiger partial charge on any atom is 0.293 e. The molecule has 2 amide bonds. The summed E-state index contributed by atoms with van der Waals surface area (Å²) in [5.41, 5.74) is 1.10. The third-order valence-electron chi connectivity index (χ3n) is 5.02. The van der Waals surface area contributed by atoms with Gasteiger partial charge in [-0.1, -0.05) is 32.9 Å². The van der Waals surface area contributed by atoms with Crippen molar-refractivity contribution in [3.8, 4) is 11.3 Å². The number of nitrogens with zero attached hydrogens (tertiary/aromatic N) is 2. The number of benzene rings is 1. The molecular weight excluding hydrogens is 361 g/mol. The van der Waals surface area contributed by atoms with Crippen LogP contribution in [-0.4, -0.2) is 40.5 Å². The molecule has 2 aromatic rings. The molecule has 2 atom stereocenters. The zero-order valence-corrected chi connectivity index (χ0v) is 16.6. The van der Waals surface area contributed by atoms with E-state index in [-0.39, 0.29) is 41.3 Å². The van der Waals surface area contributed by atoms with Crippen LogP contribution < -0.4 is 5.32 Å². The molecule has 1 N–H and O–H groups in total. The van der Waals surface area contributed by atoms with Gasteiger partial charge in [0, 0.05) is 24.2 Å². The van der Waals surface area contributed by atoms with Gasteiger partial charge >= 0.3 is 0 Å². The molecule has 0 spiro atoms. The van der Waals surface area contributed by atoms with E-state index in [2.05, 4.69) is 10.5 Å². The average Bonchev–Trinajstić information content (AvgIpc) is 3.13. The van der Waals surface area contributed by atoms with Crippen LogP contribution in [0.4, 0.5) is 4.39 Å². The Bertz CT molecular complexity index is 845. The van der Waals surface area contributed by atoms with Crippen LogP contribution in [0.15, 0.2) is 34.9 Å². The Labute approximate surface area is 164 Å². The topological polar surface area (TPSA) is 75.4 Å². The number of amides is 2. The van der Waals surface area contributed by atoms with Crippen LogP contribution >= 0.6 is 0 Å². The second kappa shape index (κ2) is 8.12. The highest BCUT2D eigenvalue weighted by Gasteiger charge is 2.39. The van der Waals surface area contributed by atoms with Gasteiger partial charge in [0.15, 0.2) is 0 Å². The van der Waals surface area contributed by atoms with E-state index >= 15 is 0 Å². The standard InChI is InChI=1S/C21H26FN3O3/c1-12(2)9-18-20(26)23-17(13(3)4)11-25(18)21(27)19-10-16(24-28-19)14-5-7-15(22)8-6-14/h5-8,10,12-13,17-18H,9,11H2,1-4H3,(H,23,26)/t17-,18+/m1/s1. The number of nitrogens with one attached hydrogen (secondary N) is 1. The minimum atomic E-state index is -0.540. The highest BCUT2D eigenvalue weighted by atomic mass is 19.1. The first-order valence-electron chi connectivity index (χ1n) is 9.60. The summed E-state index contributed by atoms with van der Waals surface area (Å²) in [4.78, 5) is 27.4. The number of hydrogen-bond acceptors (Lipinski definition) is 4. The molecule has 0 aliphatic carbocycles. The molecule has 1 fully saturated rings. The summed E-state index contributed by atoms with van der Waals surface area (Å²) in [6, 6.07) is 6.69. The minimum Gasteiger partial charge on any atom is -0.350 e. The Balaban J connectivity index is 1.87. The second-order valence-electron chi connectivity index (χ2n) is 8.05. The molecule has 7 heteroatoms. The van der Waals surface area contributed by atoms with Crippen molar-refractivity contribution in [1.82, 2.24) is 15.4 Å². The number of rotatable bonds is 5. The molecule has 28 heavy (non-hydrogen) atoms. The van der Waals surface area contributed by atoms with E-state index in [4.69, 9.17) is 4.52 Å². The van der Waals surface area contributed by atoms with Crippen molar-refractivity contribution in [3.05, 3.63) is 41.9 Å². The molecule has 0 radical (unpaired) electrons. The van der Waals surface area contributed by atoms with E-state index in [1.165, 1.54) is 12.1 Å². The maximum atomic E-state index is 13.2. The Kier molecular flexibility index (Phi) is 5.82. The predicted octanol–water partition coefficient (Wildman–Crippen LogP) is 3.49. The minimum absolute atomic E-state index is 0.0743. The molecule has 150 valence electrons. The molecule has 0 saturated carbocycles. The van der Waals surface area contributed by atoms with Gasteiger partial charge in [-0.15, -0.1) is 0 Å². The van der Waals surface area contributed by atoms with Crippen molar-refractivity contribution >= 4 is 11.8 Å². The number of carbonyl (C=O) groups excluding carboxylic acids is 2. The average molecular weight is 387 g/mol. The molecule has 0 unspecified atom stereocenters. The molecular formula is C21H26FN3O3. The zero-order chi connectivity index (χ0) is 20.4. The van der Waals surface area contributed by atoms with Crippen LogP contribution in [0, 0.1) is 17.7 Å². The van der Waals surface area contributed by atoms with Gasteiger partial charge in [-0.05, 0) is 42.5 Å². The molecule has 1 aliphatic heterocycles. The van der Waals surface area contributed by atoms with E-state index in [9.17, 15) is 14.0 Å². The van der Waals surface area contributed by atoms with E-state index in [1.54, 1.807) is 23.1 Å². The fraction of sp³-hybridized carbons (Fsp3) is 0.476. The van der Waals surface area contributed by atoms with Gasteiger partial charge < -0.3 is 14.7 Å². The van der Waals surface area contributed by atoms with Crippen molar-refractivity contribution in [3.63, 3.8) is 0 Å². The van der Waals surface area contributed by atoms with E-state index in [0.29, 0.717) is 24.2 Å². The fourth-order valence-electron chi connectivity index (χ4n) is 3.36. The van der Waals surface area contributed by atoms with E-state index < -0.39 is 6.04 Å². The molecule has 0 bridgehead atoms. The molecule has 1 aromatic heterocycles. The first-order chi connectivity index (χ1) is 13.3. The van der Waals surface area contributed by atoms with Gasteiger partial charge in [-0.2, -0.15) is 0 Å². The van der Waals surface area contributed by atoms with Gasteiger partial charge in [0.25, 0.3) is 5.91 Å². The number of piperazine rings is 1. The molecule has 1 aliphatic rings. The first kappa shape index (κ1) is 20.0. The monoisotopic (exact) mass is 387 g/mol. The summed E-state index contributed by atoms with van der Waals surface area (Å²) >= 11 is 0. The normalized spacial score (nSPS) is 20.0. The summed E-state index contributed by atoms with van der Waals surface area (Å²) in [7, 11) is 0. The summed E-state index contributed by atoms with van der Waals surface area (Å²) in [6.45, 7) is 8.48. The number of aromatic nitrogens is 1. The van der Waals surface area contributed by atoms with Crippen molar-refractivity contribution in [2.45, 2.75) is 46.2 Å². The highest BCUT2D eigenvalue weighted by Crippen LogP contribution is 2.24. The number of halogens is 1. The number of hydrogen-bond donors (Lipinski definition) is 1. The third-order valence-corrected chi connectivity index (χ3v) is 5.02. The summed E-state index contributed by atoms with van der Waals surface area (Å²) < 4.78 is 18.4. The third kappa shape index (κ3) is 4.24. The van der Waals surface area contributed by atoms with Gasteiger partial charge in [0.05, 0.1) is 0 Å². The molecule has 1 saturated heterocycles. The van der Waals surface area contributed by atoms with Crippen molar-refractivity contribution in [2.75, 3.05) is 6.54 Å².